The monoisotopic (exact) mass is 459 g/mol. The first-order chi connectivity index (χ1) is 10.4. The minimum absolute atomic E-state index is 0.0118. The van der Waals surface area contributed by atoms with Gasteiger partial charge in [0.1, 0.15) is 0 Å². The Kier molecular flexibility index (Phi) is 10.8. The Bertz CT molecular complexity index is 377. The molecule has 0 fully saturated rings. The Hall–Kier alpha value is 0.01000. The van der Waals surface area contributed by atoms with Gasteiger partial charge in [0.05, 0.1) is 19.8 Å². The molecule has 0 radical (unpaired) electrons. The third-order valence-electron chi connectivity index (χ3n) is 2.28. The van der Waals surface area contributed by atoms with Crippen molar-refractivity contribution >= 4 is 37.8 Å². The highest BCUT2D eigenvalue weighted by atomic mass is 79.9. The first-order valence-electron chi connectivity index (χ1n) is 7.24. The van der Waals surface area contributed by atoms with Crippen LogP contribution >= 0.6 is 31.9 Å². The Morgan fingerprint density at radius 3 is 1.91 bits per heavy atom. The van der Waals surface area contributed by atoms with Crippen LogP contribution in [0.1, 0.15) is 34.6 Å². The van der Waals surface area contributed by atoms with Gasteiger partial charge in [-0.25, -0.2) is 19.6 Å². The zero-order valence-electron chi connectivity index (χ0n) is 14.5. The molecule has 0 aliphatic heterocycles. The predicted octanol–water partition coefficient (Wildman–Crippen LogP) is 3.59. The minimum atomic E-state index is -0.226. The van der Waals surface area contributed by atoms with Crippen molar-refractivity contribution in [3.8, 4) is 0 Å². The van der Waals surface area contributed by atoms with Crippen molar-refractivity contribution < 1.29 is 24.3 Å². The van der Waals surface area contributed by atoms with Crippen molar-refractivity contribution in [2.24, 2.45) is 0 Å². The molecule has 0 bridgehead atoms. The molecule has 0 unspecified atom stereocenters. The van der Waals surface area contributed by atoms with Gasteiger partial charge in [-0.2, -0.15) is 0 Å². The molecule has 0 aliphatic carbocycles. The van der Waals surface area contributed by atoms with Gasteiger partial charge in [-0.3, -0.25) is 4.79 Å². The summed E-state index contributed by atoms with van der Waals surface area (Å²) in [6, 6.07) is 0. The standard InChI is InChI=1S/C15H27Br2NO5/c1-12(2)13(19)18(11-23-22-10-15(5,6)17)7-8-20-21-9-14(3,4)16/h1,7-11H2,2-6H3. The maximum Gasteiger partial charge on any atom is 0.250 e. The molecule has 0 saturated carbocycles. The number of halogens is 2. The highest BCUT2D eigenvalue weighted by Crippen LogP contribution is 2.16. The molecule has 0 heterocycles. The minimum Gasteiger partial charge on any atom is -0.310 e. The number of hydrogen-bond acceptors (Lipinski definition) is 5. The van der Waals surface area contributed by atoms with Crippen LogP contribution in [0, 0.1) is 0 Å². The lowest BCUT2D eigenvalue weighted by molar-refractivity contribution is -0.321. The van der Waals surface area contributed by atoms with Crippen LogP contribution in [0.3, 0.4) is 0 Å². The van der Waals surface area contributed by atoms with Crippen LogP contribution in [0.4, 0.5) is 0 Å². The predicted molar refractivity (Wildman–Crippen MR) is 96.3 cm³/mol. The molecule has 0 aromatic carbocycles. The highest BCUT2D eigenvalue weighted by Gasteiger charge is 2.18. The van der Waals surface area contributed by atoms with E-state index in [1.165, 1.54) is 4.90 Å². The molecule has 0 aliphatic rings. The summed E-state index contributed by atoms with van der Waals surface area (Å²) in [6.45, 7) is 14.4. The van der Waals surface area contributed by atoms with E-state index >= 15 is 0 Å². The lowest BCUT2D eigenvalue weighted by Gasteiger charge is -2.23. The van der Waals surface area contributed by atoms with Gasteiger partial charge in [-0.05, 0) is 34.6 Å². The van der Waals surface area contributed by atoms with E-state index in [4.69, 9.17) is 19.6 Å². The summed E-state index contributed by atoms with van der Waals surface area (Å²) < 4.78 is -0.366. The van der Waals surface area contributed by atoms with E-state index in [1.807, 2.05) is 27.7 Å². The second-order valence-corrected chi connectivity index (χ2v) is 10.7. The molecule has 1 amide bonds. The zero-order chi connectivity index (χ0) is 18.1. The van der Waals surface area contributed by atoms with E-state index in [0.29, 0.717) is 25.3 Å². The normalized spacial score (nSPS) is 12.3. The van der Waals surface area contributed by atoms with Gasteiger partial charge in [-0.15, -0.1) is 0 Å². The highest BCUT2D eigenvalue weighted by molar-refractivity contribution is 9.10. The quantitative estimate of drug-likeness (QED) is 0.111. The van der Waals surface area contributed by atoms with Crippen LogP contribution in [0.5, 0.6) is 0 Å². The second-order valence-electron chi connectivity index (χ2n) is 6.38. The first kappa shape index (κ1) is 23.0. The van der Waals surface area contributed by atoms with Gasteiger partial charge >= 0.3 is 0 Å². The van der Waals surface area contributed by atoms with Crippen molar-refractivity contribution in [1.29, 1.82) is 0 Å². The summed E-state index contributed by atoms with van der Waals surface area (Å²) in [5, 5.41) is 0. The van der Waals surface area contributed by atoms with Crippen LogP contribution in [-0.2, 0) is 24.3 Å². The van der Waals surface area contributed by atoms with Crippen LogP contribution in [0.25, 0.3) is 0 Å². The van der Waals surface area contributed by atoms with E-state index in [-0.39, 0.29) is 27.9 Å². The Morgan fingerprint density at radius 1 is 1.00 bits per heavy atom. The zero-order valence-corrected chi connectivity index (χ0v) is 17.7. The van der Waals surface area contributed by atoms with Gasteiger partial charge < -0.3 is 4.90 Å². The van der Waals surface area contributed by atoms with E-state index < -0.39 is 0 Å². The van der Waals surface area contributed by atoms with E-state index in [2.05, 4.69) is 38.4 Å². The number of carbonyl (C=O) groups is 1. The number of nitrogens with zero attached hydrogens (tertiary/aromatic N) is 1. The Labute approximate surface area is 155 Å². The summed E-state index contributed by atoms with van der Waals surface area (Å²) in [5.74, 6) is -0.226. The third kappa shape index (κ3) is 14.1. The average molecular weight is 461 g/mol. The van der Waals surface area contributed by atoms with Crippen LogP contribution in [0.2, 0.25) is 0 Å². The van der Waals surface area contributed by atoms with E-state index in [1.54, 1.807) is 6.92 Å². The summed E-state index contributed by atoms with van der Waals surface area (Å²) in [4.78, 5) is 33.8. The number of hydrogen-bond donors (Lipinski definition) is 0. The number of rotatable bonds is 12. The molecule has 0 spiro atoms. The summed E-state index contributed by atoms with van der Waals surface area (Å²) in [7, 11) is 0. The molecule has 0 aromatic rings. The van der Waals surface area contributed by atoms with E-state index in [9.17, 15) is 4.79 Å². The van der Waals surface area contributed by atoms with E-state index in [0.717, 1.165) is 0 Å². The lowest BCUT2D eigenvalue weighted by atomic mass is 10.2. The van der Waals surface area contributed by atoms with Gasteiger partial charge in [-0.1, -0.05) is 38.4 Å². The van der Waals surface area contributed by atoms with Gasteiger partial charge in [0.25, 0.3) is 5.91 Å². The number of carbonyl (C=O) groups excluding carboxylic acids is 1. The molecule has 0 saturated heterocycles. The first-order valence-corrected chi connectivity index (χ1v) is 8.82. The SMILES string of the molecule is C=C(C)C(=O)N(CCOOCC(C)(C)Br)COOCC(C)(C)Br. The topological polar surface area (TPSA) is 57.2 Å². The van der Waals surface area contributed by atoms with Crippen molar-refractivity contribution in [1.82, 2.24) is 4.90 Å². The molecule has 6 nitrogen and oxygen atoms in total. The summed E-state index contributed by atoms with van der Waals surface area (Å²) in [6.07, 6.45) is 0. The number of alkyl halides is 2. The van der Waals surface area contributed by atoms with Gasteiger partial charge in [0.2, 0.25) is 0 Å². The second kappa shape index (κ2) is 10.8. The summed E-state index contributed by atoms with van der Waals surface area (Å²) in [5.41, 5.74) is 0.414. The molecule has 0 aromatic heterocycles. The van der Waals surface area contributed by atoms with Crippen molar-refractivity contribution in [3.63, 3.8) is 0 Å². The number of amides is 1. The fourth-order valence-corrected chi connectivity index (χ4v) is 1.35. The van der Waals surface area contributed by atoms with Crippen molar-refractivity contribution in [2.45, 2.75) is 43.3 Å². The van der Waals surface area contributed by atoms with Crippen molar-refractivity contribution in [3.05, 3.63) is 12.2 Å². The molecule has 0 rings (SSSR count). The Balaban J connectivity index is 4.16. The largest absolute Gasteiger partial charge is 0.310 e. The third-order valence-corrected chi connectivity index (χ3v) is 2.73. The Morgan fingerprint density at radius 2 is 1.48 bits per heavy atom. The molecule has 0 atom stereocenters. The maximum atomic E-state index is 12.0. The van der Waals surface area contributed by atoms with Crippen LogP contribution < -0.4 is 0 Å². The van der Waals surface area contributed by atoms with Crippen molar-refractivity contribution in [2.75, 3.05) is 33.1 Å². The fourth-order valence-electron chi connectivity index (χ4n) is 1.17. The molecule has 136 valence electrons. The van der Waals surface area contributed by atoms with Crippen LogP contribution in [0.15, 0.2) is 12.2 Å². The molecule has 8 heteroatoms. The fraction of sp³-hybridized carbons (Fsp3) is 0.800. The average Bonchev–Trinajstić information content (AvgIpc) is 2.37. The van der Waals surface area contributed by atoms with Gasteiger partial charge in [0, 0.05) is 20.8 Å². The smallest absolute Gasteiger partial charge is 0.250 e. The molecular formula is C15H27Br2NO5. The molecule has 23 heavy (non-hydrogen) atoms. The maximum absolute atomic E-state index is 12.0. The van der Waals surface area contributed by atoms with Crippen LogP contribution in [-0.4, -0.2) is 52.6 Å². The summed E-state index contributed by atoms with van der Waals surface area (Å²) >= 11 is 6.87. The lowest BCUT2D eigenvalue weighted by Crippen LogP contribution is -2.37. The van der Waals surface area contributed by atoms with Gasteiger partial charge in [0.15, 0.2) is 6.73 Å². The molecular weight excluding hydrogens is 434 g/mol. The molecule has 0 N–H and O–H groups in total.